The molecule has 1 fully saturated rings. The first-order valence-electron chi connectivity index (χ1n) is 5.16. The Morgan fingerprint density at radius 2 is 2.57 bits per heavy atom. The van der Waals surface area contributed by atoms with Gasteiger partial charge in [-0.1, -0.05) is 13.0 Å². The Morgan fingerprint density at radius 1 is 1.71 bits per heavy atom. The minimum atomic E-state index is -0.331. The van der Waals surface area contributed by atoms with E-state index in [2.05, 4.69) is 6.92 Å². The Labute approximate surface area is 88.5 Å². The standard InChI is InChI=1S/C11H16O2S/c1-2-9-8(5-6-13-9)11(12)10-4-3-7-14-10/h3-4,7-9,11-12H,2,5-6H2,1H3. The van der Waals surface area contributed by atoms with Crippen LogP contribution in [-0.2, 0) is 4.74 Å². The molecular weight excluding hydrogens is 196 g/mol. The topological polar surface area (TPSA) is 29.5 Å². The molecule has 2 rings (SSSR count). The molecule has 1 N–H and O–H groups in total. The Morgan fingerprint density at radius 3 is 3.21 bits per heavy atom. The third-order valence-electron chi connectivity index (χ3n) is 2.90. The van der Waals surface area contributed by atoms with Crippen molar-refractivity contribution in [1.29, 1.82) is 0 Å². The molecule has 0 spiro atoms. The van der Waals surface area contributed by atoms with Crippen LogP contribution in [-0.4, -0.2) is 17.8 Å². The molecule has 78 valence electrons. The zero-order valence-electron chi connectivity index (χ0n) is 8.35. The Bertz CT molecular complexity index is 271. The van der Waals surface area contributed by atoms with E-state index in [0.29, 0.717) is 5.92 Å². The van der Waals surface area contributed by atoms with Crippen LogP contribution in [0.2, 0.25) is 0 Å². The fourth-order valence-corrected chi connectivity index (χ4v) is 2.90. The van der Waals surface area contributed by atoms with Crippen LogP contribution in [0.5, 0.6) is 0 Å². The van der Waals surface area contributed by atoms with Gasteiger partial charge in [0.2, 0.25) is 0 Å². The number of rotatable bonds is 3. The summed E-state index contributed by atoms with van der Waals surface area (Å²) in [6.45, 7) is 2.91. The third kappa shape index (κ3) is 1.85. The molecule has 1 aromatic heterocycles. The van der Waals surface area contributed by atoms with E-state index in [1.807, 2.05) is 17.5 Å². The van der Waals surface area contributed by atoms with Crippen molar-refractivity contribution in [3.63, 3.8) is 0 Å². The predicted octanol–water partition coefficient (Wildman–Crippen LogP) is 2.60. The average molecular weight is 212 g/mol. The van der Waals surface area contributed by atoms with E-state index < -0.39 is 0 Å². The van der Waals surface area contributed by atoms with Gasteiger partial charge in [0.15, 0.2) is 0 Å². The first-order valence-corrected chi connectivity index (χ1v) is 6.04. The molecule has 3 heteroatoms. The lowest BCUT2D eigenvalue weighted by Crippen LogP contribution is -2.21. The number of hydrogen-bond donors (Lipinski definition) is 1. The van der Waals surface area contributed by atoms with Crippen molar-refractivity contribution in [2.24, 2.45) is 5.92 Å². The molecule has 2 heterocycles. The van der Waals surface area contributed by atoms with Crippen molar-refractivity contribution in [3.8, 4) is 0 Å². The summed E-state index contributed by atoms with van der Waals surface area (Å²) in [5.41, 5.74) is 0. The highest BCUT2D eigenvalue weighted by molar-refractivity contribution is 7.10. The van der Waals surface area contributed by atoms with E-state index in [0.717, 1.165) is 24.3 Å². The second-order valence-electron chi connectivity index (χ2n) is 3.73. The molecule has 1 saturated heterocycles. The molecule has 1 aromatic rings. The molecule has 3 unspecified atom stereocenters. The maximum atomic E-state index is 10.1. The highest BCUT2D eigenvalue weighted by Crippen LogP contribution is 2.36. The first kappa shape index (κ1) is 10.1. The lowest BCUT2D eigenvalue weighted by molar-refractivity contribution is 0.0322. The maximum absolute atomic E-state index is 10.1. The summed E-state index contributed by atoms with van der Waals surface area (Å²) < 4.78 is 5.58. The molecule has 3 atom stereocenters. The van der Waals surface area contributed by atoms with Gasteiger partial charge in [-0.25, -0.2) is 0 Å². The van der Waals surface area contributed by atoms with E-state index in [1.54, 1.807) is 11.3 Å². The second-order valence-corrected chi connectivity index (χ2v) is 4.71. The summed E-state index contributed by atoms with van der Waals surface area (Å²) in [4.78, 5) is 1.07. The van der Waals surface area contributed by atoms with Gasteiger partial charge in [-0.15, -0.1) is 11.3 Å². The largest absolute Gasteiger partial charge is 0.387 e. The van der Waals surface area contributed by atoms with Crippen LogP contribution in [0.1, 0.15) is 30.7 Å². The van der Waals surface area contributed by atoms with Gasteiger partial charge < -0.3 is 9.84 Å². The predicted molar refractivity (Wildman–Crippen MR) is 57.4 cm³/mol. The van der Waals surface area contributed by atoms with Crippen molar-refractivity contribution in [2.45, 2.75) is 32.0 Å². The molecule has 0 aromatic carbocycles. The van der Waals surface area contributed by atoms with Crippen LogP contribution in [0.25, 0.3) is 0 Å². The lowest BCUT2D eigenvalue weighted by atomic mass is 9.92. The number of aliphatic hydroxyl groups excluding tert-OH is 1. The van der Waals surface area contributed by atoms with E-state index >= 15 is 0 Å². The summed E-state index contributed by atoms with van der Waals surface area (Å²) in [6.07, 6.45) is 1.89. The Balaban J connectivity index is 2.07. The van der Waals surface area contributed by atoms with Crippen LogP contribution in [0.3, 0.4) is 0 Å². The van der Waals surface area contributed by atoms with Gasteiger partial charge in [0.05, 0.1) is 12.2 Å². The molecule has 2 nitrogen and oxygen atoms in total. The smallest absolute Gasteiger partial charge is 0.0935 e. The second kappa shape index (κ2) is 4.43. The SMILES string of the molecule is CCC1OCCC1C(O)c1cccs1. The number of thiophene rings is 1. The quantitative estimate of drug-likeness (QED) is 0.834. The molecule has 1 aliphatic heterocycles. The van der Waals surface area contributed by atoms with Gasteiger partial charge in [-0.3, -0.25) is 0 Å². The minimum Gasteiger partial charge on any atom is -0.387 e. The van der Waals surface area contributed by atoms with Crippen molar-refractivity contribution >= 4 is 11.3 Å². The first-order chi connectivity index (χ1) is 6.83. The zero-order chi connectivity index (χ0) is 9.97. The van der Waals surface area contributed by atoms with Crippen LogP contribution < -0.4 is 0 Å². The van der Waals surface area contributed by atoms with Crippen molar-refractivity contribution in [1.82, 2.24) is 0 Å². The minimum absolute atomic E-state index is 0.243. The van der Waals surface area contributed by atoms with Crippen LogP contribution >= 0.6 is 11.3 Å². The normalized spacial score (nSPS) is 29.3. The monoisotopic (exact) mass is 212 g/mol. The van der Waals surface area contributed by atoms with E-state index in [9.17, 15) is 5.11 Å². The van der Waals surface area contributed by atoms with Gasteiger partial charge in [-0.2, -0.15) is 0 Å². The van der Waals surface area contributed by atoms with Crippen LogP contribution in [0.4, 0.5) is 0 Å². The fourth-order valence-electron chi connectivity index (χ4n) is 2.12. The van der Waals surface area contributed by atoms with E-state index in [-0.39, 0.29) is 12.2 Å². The molecule has 0 bridgehead atoms. The zero-order valence-corrected chi connectivity index (χ0v) is 9.17. The molecule has 0 saturated carbocycles. The van der Waals surface area contributed by atoms with Crippen molar-refractivity contribution in [2.75, 3.05) is 6.61 Å². The molecule has 1 aliphatic rings. The molecule has 0 amide bonds. The van der Waals surface area contributed by atoms with Gasteiger partial charge in [-0.05, 0) is 24.3 Å². The third-order valence-corrected chi connectivity index (χ3v) is 3.85. The van der Waals surface area contributed by atoms with Gasteiger partial charge in [0.1, 0.15) is 0 Å². The molecule has 14 heavy (non-hydrogen) atoms. The summed E-state index contributed by atoms with van der Waals surface area (Å²) in [6, 6.07) is 3.99. The van der Waals surface area contributed by atoms with Crippen molar-refractivity contribution in [3.05, 3.63) is 22.4 Å². The summed E-state index contributed by atoms with van der Waals surface area (Å²) in [5, 5.41) is 12.2. The summed E-state index contributed by atoms with van der Waals surface area (Å²) in [7, 11) is 0. The number of hydrogen-bond acceptors (Lipinski definition) is 3. The Kier molecular flexibility index (Phi) is 3.21. The maximum Gasteiger partial charge on any atom is 0.0935 e. The highest BCUT2D eigenvalue weighted by atomic mass is 32.1. The summed E-state index contributed by atoms with van der Waals surface area (Å²) >= 11 is 1.62. The van der Waals surface area contributed by atoms with Crippen LogP contribution in [0, 0.1) is 5.92 Å². The van der Waals surface area contributed by atoms with Crippen LogP contribution in [0.15, 0.2) is 17.5 Å². The van der Waals surface area contributed by atoms with Gasteiger partial charge >= 0.3 is 0 Å². The number of aliphatic hydroxyl groups is 1. The molecule has 0 aliphatic carbocycles. The van der Waals surface area contributed by atoms with Gasteiger partial charge in [0.25, 0.3) is 0 Å². The molecular formula is C11H16O2S. The fraction of sp³-hybridized carbons (Fsp3) is 0.636. The lowest BCUT2D eigenvalue weighted by Gasteiger charge is -2.21. The summed E-state index contributed by atoms with van der Waals surface area (Å²) in [5.74, 6) is 0.290. The van der Waals surface area contributed by atoms with Crippen molar-refractivity contribution < 1.29 is 9.84 Å². The average Bonchev–Trinajstić information content (AvgIpc) is 2.87. The Hall–Kier alpha value is -0.380. The molecule has 0 radical (unpaired) electrons. The highest BCUT2D eigenvalue weighted by Gasteiger charge is 2.33. The van der Waals surface area contributed by atoms with E-state index in [1.165, 1.54) is 0 Å². The van der Waals surface area contributed by atoms with E-state index in [4.69, 9.17) is 4.74 Å². The van der Waals surface area contributed by atoms with Gasteiger partial charge in [0, 0.05) is 17.4 Å². The number of ether oxygens (including phenoxy) is 1.